The lowest BCUT2D eigenvalue weighted by Crippen LogP contribution is -2.34. The minimum Gasteiger partial charge on any atom is -0.311 e. The summed E-state index contributed by atoms with van der Waals surface area (Å²) in [7, 11) is 0. The van der Waals surface area contributed by atoms with Crippen molar-refractivity contribution in [3.63, 3.8) is 0 Å². The maximum Gasteiger partial charge on any atom is 0.00804 e. The van der Waals surface area contributed by atoms with Crippen molar-refractivity contribution < 1.29 is 0 Å². The summed E-state index contributed by atoms with van der Waals surface area (Å²) in [6, 6.07) is 1.53. The highest BCUT2D eigenvalue weighted by atomic mass is 32.2. The Balaban J connectivity index is 2.01. The number of unbranched alkanes of at least 4 members (excludes halogenated alkanes) is 4. The Morgan fingerprint density at radius 2 is 1.89 bits per heavy atom. The van der Waals surface area contributed by atoms with Crippen LogP contribution in [0.1, 0.15) is 78.6 Å². The van der Waals surface area contributed by atoms with Gasteiger partial charge in [-0.05, 0) is 38.4 Å². The van der Waals surface area contributed by atoms with Crippen LogP contribution in [-0.4, -0.2) is 23.1 Å². The van der Waals surface area contributed by atoms with E-state index in [1.54, 1.807) is 0 Å². The topological polar surface area (TPSA) is 12.0 Å². The van der Waals surface area contributed by atoms with Gasteiger partial charge in [-0.3, -0.25) is 0 Å². The molecular weight excluding hydrogens is 238 g/mol. The zero-order chi connectivity index (χ0) is 13.2. The normalized spacial score (nSPS) is 25.5. The predicted molar refractivity (Wildman–Crippen MR) is 85.5 cm³/mol. The van der Waals surface area contributed by atoms with Crippen LogP contribution in [0.15, 0.2) is 0 Å². The van der Waals surface area contributed by atoms with Crippen LogP contribution in [0.3, 0.4) is 0 Å². The minimum atomic E-state index is 0.724. The maximum atomic E-state index is 3.84. The highest BCUT2D eigenvalue weighted by Gasteiger charge is 2.24. The van der Waals surface area contributed by atoms with E-state index in [0.717, 1.165) is 17.3 Å². The van der Waals surface area contributed by atoms with Crippen molar-refractivity contribution in [1.29, 1.82) is 0 Å². The number of thioether (sulfide) groups is 1. The van der Waals surface area contributed by atoms with Crippen molar-refractivity contribution in [2.45, 2.75) is 95.9 Å². The summed E-state index contributed by atoms with van der Waals surface area (Å²) in [5.41, 5.74) is 0. The quantitative estimate of drug-likeness (QED) is 0.561. The van der Waals surface area contributed by atoms with Crippen LogP contribution in [0.25, 0.3) is 0 Å². The molecule has 0 bridgehead atoms. The van der Waals surface area contributed by atoms with E-state index in [2.05, 4.69) is 37.8 Å². The molecule has 1 rings (SSSR count). The molecule has 1 aliphatic carbocycles. The molecule has 1 nitrogen and oxygen atoms in total. The molecule has 1 aliphatic rings. The molecule has 2 heteroatoms. The fraction of sp³-hybridized carbons (Fsp3) is 1.00. The molecule has 0 aromatic rings. The third kappa shape index (κ3) is 7.04. The summed E-state index contributed by atoms with van der Waals surface area (Å²) in [6.45, 7) is 6.94. The molecule has 0 aromatic heterocycles. The van der Waals surface area contributed by atoms with Crippen molar-refractivity contribution in [3.05, 3.63) is 0 Å². The van der Waals surface area contributed by atoms with Crippen LogP contribution in [0.2, 0.25) is 0 Å². The summed E-state index contributed by atoms with van der Waals surface area (Å²) in [6.07, 6.45) is 12.6. The first-order chi connectivity index (χ1) is 8.76. The van der Waals surface area contributed by atoms with Crippen LogP contribution in [0, 0.1) is 0 Å². The first-order valence-electron chi connectivity index (χ1n) is 8.13. The zero-order valence-electron chi connectivity index (χ0n) is 12.7. The lowest BCUT2D eigenvalue weighted by atomic mass is 10.1. The molecule has 0 radical (unpaired) electrons. The van der Waals surface area contributed by atoms with Gasteiger partial charge in [0.25, 0.3) is 0 Å². The Kier molecular flexibility index (Phi) is 9.22. The summed E-state index contributed by atoms with van der Waals surface area (Å²) in [4.78, 5) is 0. The molecule has 3 atom stereocenters. The monoisotopic (exact) mass is 271 g/mol. The minimum absolute atomic E-state index is 0.724. The summed E-state index contributed by atoms with van der Waals surface area (Å²) >= 11 is 2.16. The molecule has 1 N–H and O–H groups in total. The van der Waals surface area contributed by atoms with Crippen LogP contribution < -0.4 is 5.32 Å². The molecule has 0 amide bonds. The van der Waals surface area contributed by atoms with E-state index in [9.17, 15) is 0 Å². The highest BCUT2D eigenvalue weighted by molar-refractivity contribution is 7.99. The van der Waals surface area contributed by atoms with Gasteiger partial charge in [0.15, 0.2) is 0 Å². The van der Waals surface area contributed by atoms with Crippen molar-refractivity contribution in [1.82, 2.24) is 5.32 Å². The van der Waals surface area contributed by atoms with E-state index in [4.69, 9.17) is 0 Å². The molecule has 108 valence electrons. The molecule has 0 aromatic carbocycles. The van der Waals surface area contributed by atoms with E-state index in [-0.39, 0.29) is 0 Å². The molecule has 0 spiro atoms. The van der Waals surface area contributed by atoms with Gasteiger partial charge < -0.3 is 5.32 Å². The second-order valence-corrected chi connectivity index (χ2v) is 7.44. The molecule has 18 heavy (non-hydrogen) atoms. The van der Waals surface area contributed by atoms with Crippen molar-refractivity contribution in [2.24, 2.45) is 0 Å². The van der Waals surface area contributed by atoms with Crippen LogP contribution in [-0.2, 0) is 0 Å². The van der Waals surface area contributed by atoms with Gasteiger partial charge in [-0.15, -0.1) is 0 Å². The van der Waals surface area contributed by atoms with Gasteiger partial charge in [0.2, 0.25) is 0 Å². The summed E-state index contributed by atoms with van der Waals surface area (Å²) < 4.78 is 0. The van der Waals surface area contributed by atoms with Crippen molar-refractivity contribution >= 4 is 11.8 Å². The van der Waals surface area contributed by atoms with Gasteiger partial charge in [0.1, 0.15) is 0 Å². The Bertz CT molecular complexity index is 196. The lowest BCUT2D eigenvalue weighted by Gasteiger charge is -2.19. The maximum absolute atomic E-state index is 3.84. The van der Waals surface area contributed by atoms with E-state index in [1.165, 1.54) is 63.5 Å². The fourth-order valence-electron chi connectivity index (χ4n) is 3.02. The number of hydrogen-bond acceptors (Lipinski definition) is 2. The molecule has 0 heterocycles. The van der Waals surface area contributed by atoms with Gasteiger partial charge in [0.05, 0.1) is 0 Å². The Hall–Kier alpha value is 0.310. The average molecular weight is 272 g/mol. The van der Waals surface area contributed by atoms with Crippen molar-refractivity contribution in [3.8, 4) is 0 Å². The van der Waals surface area contributed by atoms with Crippen molar-refractivity contribution in [2.75, 3.05) is 5.75 Å². The van der Waals surface area contributed by atoms with Crippen LogP contribution >= 0.6 is 11.8 Å². The highest BCUT2D eigenvalue weighted by Crippen LogP contribution is 2.30. The SMILES string of the molecule is CCCCCCCC(C)NC1CCC(SCC)C1. The van der Waals surface area contributed by atoms with Gasteiger partial charge >= 0.3 is 0 Å². The molecule has 0 aliphatic heterocycles. The first kappa shape index (κ1) is 16.4. The second kappa shape index (κ2) is 10.1. The third-order valence-corrected chi connectivity index (χ3v) is 5.28. The number of nitrogens with one attached hydrogen (secondary N) is 1. The Labute approximate surface area is 119 Å². The number of hydrogen-bond donors (Lipinski definition) is 1. The molecule has 0 saturated heterocycles. The van der Waals surface area contributed by atoms with Gasteiger partial charge in [-0.25, -0.2) is 0 Å². The lowest BCUT2D eigenvalue weighted by molar-refractivity contribution is 0.417. The largest absolute Gasteiger partial charge is 0.311 e. The third-order valence-electron chi connectivity index (χ3n) is 4.05. The molecule has 1 saturated carbocycles. The standard InChI is InChI=1S/C16H33NS/c1-4-6-7-8-9-10-14(3)17-15-11-12-16(13-15)18-5-2/h14-17H,4-13H2,1-3H3. The molecular formula is C16H33NS. The summed E-state index contributed by atoms with van der Waals surface area (Å²) in [5.74, 6) is 1.28. The van der Waals surface area contributed by atoms with Crippen LogP contribution in [0.5, 0.6) is 0 Å². The van der Waals surface area contributed by atoms with E-state index >= 15 is 0 Å². The van der Waals surface area contributed by atoms with Gasteiger partial charge in [0, 0.05) is 17.3 Å². The second-order valence-electron chi connectivity index (χ2n) is 5.86. The Morgan fingerprint density at radius 3 is 2.61 bits per heavy atom. The van der Waals surface area contributed by atoms with Gasteiger partial charge in [-0.2, -0.15) is 11.8 Å². The van der Waals surface area contributed by atoms with E-state index < -0.39 is 0 Å². The fourth-order valence-corrected chi connectivity index (χ4v) is 4.16. The first-order valence-corrected chi connectivity index (χ1v) is 9.18. The zero-order valence-corrected chi connectivity index (χ0v) is 13.5. The number of rotatable bonds is 10. The van der Waals surface area contributed by atoms with Crippen LogP contribution in [0.4, 0.5) is 0 Å². The molecule has 1 fully saturated rings. The molecule has 3 unspecified atom stereocenters. The van der Waals surface area contributed by atoms with Gasteiger partial charge in [-0.1, -0.05) is 46.0 Å². The smallest absolute Gasteiger partial charge is 0.00804 e. The Morgan fingerprint density at radius 1 is 1.11 bits per heavy atom. The van der Waals surface area contributed by atoms with E-state index in [0.29, 0.717) is 0 Å². The average Bonchev–Trinajstić information content (AvgIpc) is 2.77. The van der Waals surface area contributed by atoms with E-state index in [1.807, 2.05) is 0 Å². The summed E-state index contributed by atoms with van der Waals surface area (Å²) in [5, 5.41) is 4.78. The predicted octanol–water partition coefficient (Wildman–Crippen LogP) is 5.00.